The Hall–Kier alpha value is -0.810. The van der Waals surface area contributed by atoms with Crippen LogP contribution < -0.4 is 0 Å². The molecule has 5 heteroatoms. The Balaban J connectivity index is 1.85. The lowest BCUT2D eigenvalue weighted by molar-refractivity contribution is 0.899. The van der Waals surface area contributed by atoms with Crippen molar-refractivity contribution >= 4 is 28.0 Å². The van der Waals surface area contributed by atoms with E-state index in [4.69, 9.17) is 0 Å². The van der Waals surface area contributed by atoms with E-state index in [0.717, 1.165) is 0 Å². The van der Waals surface area contributed by atoms with Gasteiger partial charge in [0.25, 0.3) is 0 Å². The van der Waals surface area contributed by atoms with E-state index in [-0.39, 0.29) is 5.37 Å². The summed E-state index contributed by atoms with van der Waals surface area (Å²) in [6.07, 6.45) is 2.83. The van der Waals surface area contributed by atoms with E-state index in [2.05, 4.69) is 20.8 Å². The quantitative estimate of drug-likeness (QED) is 0.447. The standard InChI is InChI=1S/C9H8N3S2/c1-2-4-8(5-3-1)6-10-12-9-7-11-14-13-9/h1-5,9H,6H2. The Morgan fingerprint density at radius 2 is 2.21 bits per heavy atom. The van der Waals surface area contributed by atoms with Crippen LogP contribution in [-0.2, 0) is 6.54 Å². The molecule has 0 N–H and O–H groups in total. The van der Waals surface area contributed by atoms with Gasteiger partial charge in [0.15, 0.2) is 5.37 Å². The first kappa shape index (κ1) is 9.73. The molecule has 0 fully saturated rings. The minimum Gasteiger partial charge on any atom is -0.204 e. The van der Waals surface area contributed by atoms with Gasteiger partial charge in [0.2, 0.25) is 0 Å². The summed E-state index contributed by atoms with van der Waals surface area (Å²) in [5.74, 6) is 0. The summed E-state index contributed by atoms with van der Waals surface area (Å²) in [5, 5.41) is 8.15. The molecule has 0 spiro atoms. The van der Waals surface area contributed by atoms with Crippen LogP contribution in [0.2, 0.25) is 0 Å². The van der Waals surface area contributed by atoms with Gasteiger partial charge in [0.1, 0.15) is 6.21 Å². The highest BCUT2D eigenvalue weighted by molar-refractivity contribution is 8.77. The first-order valence-electron chi connectivity index (χ1n) is 4.14. The van der Waals surface area contributed by atoms with Crippen LogP contribution >= 0.6 is 21.8 Å². The maximum absolute atomic E-state index is 4.09. The van der Waals surface area contributed by atoms with Crippen molar-refractivity contribution in [3.05, 3.63) is 35.9 Å². The van der Waals surface area contributed by atoms with Gasteiger partial charge in [0.05, 0.1) is 6.54 Å². The van der Waals surface area contributed by atoms with Gasteiger partial charge in [-0.3, -0.25) is 0 Å². The average molecular weight is 222 g/mol. The summed E-state index contributed by atoms with van der Waals surface area (Å²) in [4.78, 5) is 0. The molecule has 14 heavy (non-hydrogen) atoms. The molecule has 71 valence electrons. The highest BCUT2D eigenvalue weighted by Gasteiger charge is 2.10. The van der Waals surface area contributed by atoms with Crippen molar-refractivity contribution in [2.24, 2.45) is 14.6 Å². The zero-order chi connectivity index (χ0) is 9.64. The number of rotatable bonds is 3. The van der Waals surface area contributed by atoms with Gasteiger partial charge in [-0.05, 0) is 16.4 Å². The van der Waals surface area contributed by atoms with Crippen molar-refractivity contribution in [2.45, 2.75) is 11.9 Å². The normalized spacial score (nSPS) is 20.7. The molecule has 1 aliphatic heterocycles. The van der Waals surface area contributed by atoms with Crippen molar-refractivity contribution in [2.75, 3.05) is 0 Å². The summed E-state index contributed by atoms with van der Waals surface area (Å²) >= 11 is 0. The summed E-state index contributed by atoms with van der Waals surface area (Å²) in [7, 11) is 2.96. The van der Waals surface area contributed by atoms with Crippen molar-refractivity contribution in [1.29, 1.82) is 0 Å². The molecule has 1 aromatic rings. The molecule has 0 aromatic heterocycles. The Morgan fingerprint density at radius 3 is 2.93 bits per heavy atom. The molecular weight excluding hydrogens is 214 g/mol. The molecule has 0 amide bonds. The van der Waals surface area contributed by atoms with Crippen LogP contribution in [-0.4, -0.2) is 11.6 Å². The summed E-state index contributed by atoms with van der Waals surface area (Å²) in [6, 6.07) is 10.1. The van der Waals surface area contributed by atoms with Crippen molar-refractivity contribution in [3.63, 3.8) is 0 Å². The molecule has 1 aromatic carbocycles. The van der Waals surface area contributed by atoms with Gasteiger partial charge in [-0.1, -0.05) is 30.3 Å². The molecule has 0 saturated carbocycles. The lowest BCUT2D eigenvalue weighted by atomic mass is 10.2. The fourth-order valence-electron chi connectivity index (χ4n) is 0.976. The molecule has 1 unspecified atom stereocenters. The first-order valence-corrected chi connectivity index (χ1v) is 6.31. The van der Waals surface area contributed by atoms with Gasteiger partial charge < -0.3 is 0 Å². The lowest BCUT2D eigenvalue weighted by Gasteiger charge is -1.95. The minimum atomic E-state index is -0.0243. The smallest absolute Gasteiger partial charge is 0.172 e. The van der Waals surface area contributed by atoms with Gasteiger partial charge in [-0.2, -0.15) is 10.2 Å². The zero-order valence-corrected chi connectivity index (χ0v) is 8.96. The minimum absolute atomic E-state index is 0.0243. The maximum atomic E-state index is 4.09. The van der Waals surface area contributed by atoms with E-state index in [1.54, 1.807) is 10.8 Å². The molecule has 1 radical (unpaired) electrons. The van der Waals surface area contributed by atoms with Crippen LogP contribution in [0.5, 0.6) is 0 Å². The summed E-state index contributed by atoms with van der Waals surface area (Å²) < 4.78 is 3.87. The van der Waals surface area contributed by atoms with Gasteiger partial charge >= 0.3 is 0 Å². The predicted octanol–water partition coefficient (Wildman–Crippen LogP) is 3.22. The molecule has 2 rings (SSSR count). The third-order valence-corrected chi connectivity index (χ3v) is 3.29. The third-order valence-electron chi connectivity index (χ3n) is 1.62. The maximum Gasteiger partial charge on any atom is 0.172 e. The third kappa shape index (κ3) is 2.85. The van der Waals surface area contributed by atoms with Crippen LogP contribution in [0.3, 0.4) is 0 Å². The molecular formula is C9H8N3S2. The van der Waals surface area contributed by atoms with Crippen molar-refractivity contribution in [3.8, 4) is 0 Å². The highest BCUT2D eigenvalue weighted by Crippen LogP contribution is 2.33. The van der Waals surface area contributed by atoms with Crippen LogP contribution in [0.25, 0.3) is 0 Å². The second-order valence-corrected chi connectivity index (χ2v) is 4.64. The Labute approximate surface area is 90.6 Å². The SMILES string of the molecule is [C]1=NSSC1N=NCc1ccccc1. The van der Waals surface area contributed by atoms with E-state index in [0.29, 0.717) is 6.54 Å². The molecule has 3 nitrogen and oxygen atoms in total. The second kappa shape index (κ2) is 5.17. The van der Waals surface area contributed by atoms with Crippen molar-refractivity contribution in [1.82, 2.24) is 0 Å². The largest absolute Gasteiger partial charge is 0.204 e. The monoisotopic (exact) mass is 222 g/mol. The van der Waals surface area contributed by atoms with E-state index < -0.39 is 0 Å². The number of hydrogen-bond acceptors (Lipinski definition) is 5. The van der Waals surface area contributed by atoms with E-state index in [1.807, 2.05) is 30.3 Å². The van der Waals surface area contributed by atoms with E-state index in [9.17, 15) is 0 Å². The average Bonchev–Trinajstić information content (AvgIpc) is 2.72. The summed E-state index contributed by atoms with van der Waals surface area (Å²) in [5.41, 5.74) is 1.17. The predicted molar refractivity (Wildman–Crippen MR) is 61.4 cm³/mol. The summed E-state index contributed by atoms with van der Waals surface area (Å²) in [6.45, 7) is 0.629. The number of benzene rings is 1. The Morgan fingerprint density at radius 1 is 1.36 bits per heavy atom. The van der Waals surface area contributed by atoms with Crippen LogP contribution in [0, 0.1) is 0 Å². The van der Waals surface area contributed by atoms with Gasteiger partial charge in [0, 0.05) is 11.0 Å². The van der Waals surface area contributed by atoms with Crippen molar-refractivity contribution < 1.29 is 0 Å². The van der Waals surface area contributed by atoms with E-state index >= 15 is 0 Å². The topological polar surface area (TPSA) is 37.1 Å². The molecule has 1 heterocycles. The van der Waals surface area contributed by atoms with Gasteiger partial charge in [-0.25, -0.2) is 4.40 Å². The van der Waals surface area contributed by atoms with E-state index in [1.165, 1.54) is 16.5 Å². The fraction of sp³-hybridized carbons (Fsp3) is 0.222. The van der Waals surface area contributed by atoms with Crippen LogP contribution in [0.4, 0.5) is 0 Å². The molecule has 1 aliphatic rings. The van der Waals surface area contributed by atoms with Gasteiger partial charge in [-0.15, -0.1) is 0 Å². The fourth-order valence-corrected chi connectivity index (χ4v) is 2.26. The molecule has 1 atom stereocenters. The highest BCUT2D eigenvalue weighted by atomic mass is 33.1. The first-order chi connectivity index (χ1) is 6.95. The lowest BCUT2D eigenvalue weighted by Crippen LogP contribution is -1.92. The molecule has 0 aliphatic carbocycles. The Kier molecular flexibility index (Phi) is 3.59. The second-order valence-electron chi connectivity index (χ2n) is 2.64. The van der Waals surface area contributed by atoms with Crippen LogP contribution in [0.1, 0.15) is 5.56 Å². The Bertz CT molecular complexity index is 337. The number of azo groups is 1. The molecule has 0 saturated heterocycles. The number of hydrogen-bond donors (Lipinski definition) is 0. The molecule has 0 bridgehead atoms. The zero-order valence-electron chi connectivity index (χ0n) is 7.33. The van der Waals surface area contributed by atoms with Crippen LogP contribution in [0.15, 0.2) is 45.0 Å². The number of nitrogens with zero attached hydrogens (tertiary/aromatic N) is 3.